The summed E-state index contributed by atoms with van der Waals surface area (Å²) in [6.07, 6.45) is 3.56. The number of likely N-dealkylation sites (tertiary alicyclic amines) is 1. The van der Waals surface area contributed by atoms with Crippen LogP contribution in [0.1, 0.15) is 49.0 Å². The summed E-state index contributed by atoms with van der Waals surface area (Å²) in [6.45, 7) is 6.06. The molecule has 0 spiro atoms. The molecule has 5 nitrogen and oxygen atoms in total. The van der Waals surface area contributed by atoms with Gasteiger partial charge in [0.25, 0.3) is 0 Å². The highest BCUT2D eigenvalue weighted by Crippen LogP contribution is 2.47. The molecule has 1 unspecified atom stereocenters. The third kappa shape index (κ3) is 5.58. The van der Waals surface area contributed by atoms with Gasteiger partial charge in [-0.2, -0.15) is 0 Å². The molecule has 2 aliphatic rings. The van der Waals surface area contributed by atoms with Crippen LogP contribution in [0.15, 0.2) is 66.7 Å². The fourth-order valence-electron chi connectivity index (χ4n) is 4.90. The fourth-order valence-corrected chi connectivity index (χ4v) is 4.90. The molecule has 5 rings (SSSR count). The third-order valence-electron chi connectivity index (χ3n) is 6.77. The number of hydrogen-bond donors (Lipinski definition) is 2. The second-order valence-corrected chi connectivity index (χ2v) is 9.08. The SMILES string of the molecule is CC1=C(c2ccc(O)cc2)C(c2ccc(OCCN3CCCCC3)cc2)Oc2cc(O)ccc21.Cl. The van der Waals surface area contributed by atoms with Gasteiger partial charge in [-0.1, -0.05) is 30.7 Å². The van der Waals surface area contributed by atoms with Crippen LogP contribution < -0.4 is 9.47 Å². The number of aromatic hydroxyl groups is 2. The second kappa shape index (κ2) is 11.1. The Kier molecular flexibility index (Phi) is 7.89. The summed E-state index contributed by atoms with van der Waals surface area (Å²) < 4.78 is 12.5. The number of rotatable bonds is 6. The van der Waals surface area contributed by atoms with E-state index in [0.717, 1.165) is 40.1 Å². The molecule has 2 heterocycles. The first-order valence-corrected chi connectivity index (χ1v) is 12.0. The molecule has 1 atom stereocenters. The van der Waals surface area contributed by atoms with Crippen LogP contribution in [0.3, 0.4) is 0 Å². The molecule has 0 aliphatic carbocycles. The first-order chi connectivity index (χ1) is 16.6. The lowest BCUT2D eigenvalue weighted by Gasteiger charge is -2.31. The molecule has 0 radical (unpaired) electrons. The zero-order chi connectivity index (χ0) is 23.5. The van der Waals surface area contributed by atoms with Crippen LogP contribution in [-0.2, 0) is 0 Å². The van der Waals surface area contributed by atoms with E-state index in [9.17, 15) is 10.2 Å². The van der Waals surface area contributed by atoms with Crippen LogP contribution in [0.25, 0.3) is 11.1 Å². The van der Waals surface area contributed by atoms with Crippen LogP contribution in [0.5, 0.6) is 23.0 Å². The fraction of sp³-hybridized carbons (Fsp3) is 0.310. The molecule has 184 valence electrons. The minimum atomic E-state index is -0.346. The average molecular weight is 494 g/mol. The molecule has 1 fully saturated rings. The molecular weight excluding hydrogens is 462 g/mol. The molecule has 2 N–H and O–H groups in total. The van der Waals surface area contributed by atoms with E-state index in [1.54, 1.807) is 24.3 Å². The van der Waals surface area contributed by atoms with Gasteiger partial charge in [-0.3, -0.25) is 4.90 Å². The summed E-state index contributed by atoms with van der Waals surface area (Å²) >= 11 is 0. The maximum atomic E-state index is 10.0. The van der Waals surface area contributed by atoms with Gasteiger partial charge in [-0.25, -0.2) is 0 Å². The zero-order valence-corrected chi connectivity index (χ0v) is 20.8. The molecule has 2 aliphatic heterocycles. The Morgan fingerprint density at radius 3 is 2.29 bits per heavy atom. The summed E-state index contributed by atoms with van der Waals surface area (Å²) in [5.41, 5.74) is 5.06. The summed E-state index contributed by atoms with van der Waals surface area (Å²) in [4.78, 5) is 2.47. The number of fused-ring (bicyclic) bond motifs is 1. The number of halogens is 1. The first kappa shape index (κ1) is 25.0. The summed E-state index contributed by atoms with van der Waals surface area (Å²) in [6, 6.07) is 20.5. The van der Waals surface area contributed by atoms with E-state index in [4.69, 9.17) is 9.47 Å². The Labute approximate surface area is 213 Å². The van der Waals surface area contributed by atoms with E-state index in [1.807, 2.05) is 42.5 Å². The maximum Gasteiger partial charge on any atom is 0.150 e. The molecule has 3 aromatic carbocycles. The molecule has 0 saturated carbocycles. The van der Waals surface area contributed by atoms with Gasteiger partial charge in [-0.05, 0) is 86.0 Å². The number of phenols is 2. The standard InChI is InChI=1S/C29H31NO4.ClH/c1-20-26-14-11-24(32)19-27(26)34-29(28(20)21-5-9-23(31)10-6-21)22-7-12-25(13-8-22)33-18-17-30-15-3-2-4-16-30;/h5-14,19,29,31-32H,2-4,15-18H2,1H3;1H. The number of phenolic OH excluding ortho intramolecular Hbond substituents is 2. The van der Waals surface area contributed by atoms with E-state index in [2.05, 4.69) is 11.8 Å². The van der Waals surface area contributed by atoms with Crippen LogP contribution in [-0.4, -0.2) is 41.4 Å². The minimum Gasteiger partial charge on any atom is -0.508 e. The van der Waals surface area contributed by atoms with Crippen molar-refractivity contribution in [3.63, 3.8) is 0 Å². The Bertz CT molecular complexity index is 1170. The van der Waals surface area contributed by atoms with Gasteiger partial charge in [0.1, 0.15) is 35.7 Å². The van der Waals surface area contributed by atoms with E-state index in [1.165, 1.54) is 32.4 Å². The van der Waals surface area contributed by atoms with E-state index in [-0.39, 0.29) is 30.0 Å². The van der Waals surface area contributed by atoms with Crippen molar-refractivity contribution in [3.05, 3.63) is 83.4 Å². The molecule has 0 aromatic heterocycles. The Morgan fingerprint density at radius 1 is 0.886 bits per heavy atom. The Balaban J connectivity index is 0.00000289. The summed E-state index contributed by atoms with van der Waals surface area (Å²) in [5, 5.41) is 19.8. The van der Waals surface area contributed by atoms with Crippen molar-refractivity contribution < 1.29 is 19.7 Å². The van der Waals surface area contributed by atoms with E-state index < -0.39 is 0 Å². The largest absolute Gasteiger partial charge is 0.508 e. The van der Waals surface area contributed by atoms with E-state index in [0.29, 0.717) is 12.4 Å². The van der Waals surface area contributed by atoms with Crippen molar-refractivity contribution >= 4 is 23.6 Å². The van der Waals surface area contributed by atoms with Gasteiger partial charge in [0.2, 0.25) is 0 Å². The van der Waals surface area contributed by atoms with Crippen molar-refractivity contribution in [2.75, 3.05) is 26.2 Å². The van der Waals surface area contributed by atoms with Crippen LogP contribution in [0.2, 0.25) is 0 Å². The Hall–Kier alpha value is -3.15. The average Bonchev–Trinajstić information content (AvgIpc) is 2.86. The molecule has 1 saturated heterocycles. The lowest BCUT2D eigenvalue weighted by atomic mass is 9.86. The van der Waals surface area contributed by atoms with Crippen molar-refractivity contribution in [2.24, 2.45) is 0 Å². The molecule has 35 heavy (non-hydrogen) atoms. The first-order valence-electron chi connectivity index (χ1n) is 12.0. The molecule has 3 aromatic rings. The minimum absolute atomic E-state index is 0. The maximum absolute atomic E-state index is 10.0. The molecular formula is C29H32ClNO4. The van der Waals surface area contributed by atoms with Crippen molar-refractivity contribution in [3.8, 4) is 23.0 Å². The number of benzene rings is 3. The van der Waals surface area contributed by atoms with Gasteiger partial charge >= 0.3 is 0 Å². The van der Waals surface area contributed by atoms with Gasteiger partial charge in [-0.15, -0.1) is 12.4 Å². The number of ether oxygens (including phenoxy) is 2. The lowest BCUT2D eigenvalue weighted by Crippen LogP contribution is -2.33. The second-order valence-electron chi connectivity index (χ2n) is 9.08. The van der Waals surface area contributed by atoms with Gasteiger partial charge < -0.3 is 19.7 Å². The van der Waals surface area contributed by atoms with Crippen molar-refractivity contribution in [2.45, 2.75) is 32.3 Å². The zero-order valence-electron chi connectivity index (χ0n) is 19.9. The van der Waals surface area contributed by atoms with Crippen LogP contribution >= 0.6 is 12.4 Å². The number of allylic oxidation sites excluding steroid dienone is 1. The molecule has 0 amide bonds. The van der Waals surface area contributed by atoms with Crippen molar-refractivity contribution in [1.29, 1.82) is 0 Å². The monoisotopic (exact) mass is 493 g/mol. The van der Waals surface area contributed by atoms with Gasteiger partial charge in [0.05, 0.1) is 0 Å². The highest BCUT2D eigenvalue weighted by atomic mass is 35.5. The quantitative estimate of drug-likeness (QED) is 0.413. The smallest absolute Gasteiger partial charge is 0.150 e. The topological polar surface area (TPSA) is 62.2 Å². The highest BCUT2D eigenvalue weighted by Gasteiger charge is 2.29. The Morgan fingerprint density at radius 2 is 1.57 bits per heavy atom. The highest BCUT2D eigenvalue weighted by molar-refractivity contribution is 5.95. The van der Waals surface area contributed by atoms with Crippen molar-refractivity contribution in [1.82, 2.24) is 4.90 Å². The van der Waals surface area contributed by atoms with E-state index >= 15 is 0 Å². The predicted molar refractivity (Wildman–Crippen MR) is 142 cm³/mol. The number of hydrogen-bond acceptors (Lipinski definition) is 5. The predicted octanol–water partition coefficient (Wildman–Crippen LogP) is 6.45. The van der Waals surface area contributed by atoms with Crippen LogP contribution in [0, 0.1) is 0 Å². The molecule has 0 bridgehead atoms. The van der Waals surface area contributed by atoms with Gasteiger partial charge in [0.15, 0.2) is 0 Å². The van der Waals surface area contributed by atoms with Crippen LogP contribution in [0.4, 0.5) is 0 Å². The lowest BCUT2D eigenvalue weighted by molar-refractivity contribution is 0.183. The normalized spacial score (nSPS) is 17.8. The third-order valence-corrected chi connectivity index (χ3v) is 6.77. The summed E-state index contributed by atoms with van der Waals surface area (Å²) in [7, 11) is 0. The number of nitrogens with zero attached hydrogens (tertiary/aromatic N) is 1. The molecule has 6 heteroatoms. The summed E-state index contributed by atoms with van der Waals surface area (Å²) in [5.74, 6) is 1.91. The number of piperidine rings is 1. The van der Waals surface area contributed by atoms with Gasteiger partial charge in [0, 0.05) is 23.7 Å².